The quantitative estimate of drug-likeness (QED) is 0.0158. The molecule has 4 heterocycles. The van der Waals surface area contributed by atoms with Crippen LogP contribution in [0.25, 0.3) is 97.3 Å². The van der Waals surface area contributed by atoms with Crippen molar-refractivity contribution in [2.75, 3.05) is 0 Å². The molecule has 0 spiro atoms. The van der Waals surface area contributed by atoms with E-state index in [1.54, 1.807) is 19.6 Å². The smallest absolute Gasteiger partial charge is 0.261 e. The van der Waals surface area contributed by atoms with Crippen LogP contribution in [0.3, 0.4) is 0 Å². The number of hydrogen-bond donors (Lipinski definition) is 0. The number of unbranched alkanes of at least 4 members (excludes halogenated alkanes) is 32. The van der Waals surface area contributed by atoms with Crippen LogP contribution in [-0.2, 0) is 0 Å². The maximum atomic E-state index is 16.9. The van der Waals surface area contributed by atoms with E-state index >= 15 is 38.4 Å². The van der Waals surface area contributed by atoms with Gasteiger partial charge in [-0.25, -0.2) is 0 Å². The van der Waals surface area contributed by atoms with Crippen molar-refractivity contribution in [3.63, 3.8) is 0 Å². The van der Waals surface area contributed by atoms with Gasteiger partial charge in [0.25, 0.3) is 47.3 Å². The number of amides is 8. The SMILES string of the molecule is CCCCCCCC(CCCCCCC)N1C(=O)c2ccc3c4ccc5c6c(cc(-c7cc8c9c(ccc%10c%11ccc%12c%13c(ccc(c7c9%10)c%13%11)C(=O)N(C(CCCCCCC)CCCCCCC)C%12=O)C(=O)N(C(CCCCCCC)CCCCCCC)C8=O)c(c7ccc(c2c37)C1=O)c64)C(=O)N(C(CCCCCCC)CCCCCCC)C5=O. The molecule has 14 rings (SSSR count). The molecule has 0 atom stereocenters. The van der Waals surface area contributed by atoms with Crippen LogP contribution in [0.4, 0.5) is 0 Å². The largest absolute Gasteiger partial charge is 0.271 e. The number of fused-ring (bicyclic) bond motifs is 4. The van der Waals surface area contributed by atoms with Crippen LogP contribution < -0.4 is 0 Å². The molecule has 0 fully saturated rings. The van der Waals surface area contributed by atoms with E-state index in [1.165, 1.54) is 0 Å². The van der Waals surface area contributed by atoms with E-state index in [0.29, 0.717) is 124 Å². The lowest BCUT2D eigenvalue weighted by atomic mass is 9.76. The van der Waals surface area contributed by atoms with Gasteiger partial charge in [0.15, 0.2) is 0 Å². The molecule has 0 aromatic heterocycles. The monoisotopic (exact) mass is 1620 g/mol. The first-order valence-electron chi connectivity index (χ1n) is 48.7. The molecule has 10 aromatic rings. The molecule has 8 amide bonds. The van der Waals surface area contributed by atoms with E-state index < -0.39 is 0 Å². The minimum atomic E-state index is -0.371. The molecule has 12 nitrogen and oxygen atoms in total. The zero-order valence-corrected chi connectivity index (χ0v) is 74.4. The number of carbonyl (C=O) groups is 8. The van der Waals surface area contributed by atoms with E-state index in [-0.39, 0.29) is 71.4 Å². The zero-order chi connectivity index (χ0) is 84.1. The summed E-state index contributed by atoms with van der Waals surface area (Å²) in [4.78, 5) is 137. The van der Waals surface area contributed by atoms with Crippen LogP contribution in [0.5, 0.6) is 0 Å². The molecule has 12 heteroatoms. The molecule has 0 aliphatic carbocycles. The molecule has 0 bridgehead atoms. The van der Waals surface area contributed by atoms with Crippen LogP contribution in [0.2, 0.25) is 0 Å². The van der Waals surface area contributed by atoms with Crippen molar-refractivity contribution in [1.29, 1.82) is 0 Å². The highest BCUT2D eigenvalue weighted by Crippen LogP contribution is 2.56. The fourth-order valence-corrected chi connectivity index (χ4v) is 22.0. The summed E-state index contributed by atoms with van der Waals surface area (Å²) in [5.41, 5.74) is 4.74. The van der Waals surface area contributed by atoms with Gasteiger partial charge < -0.3 is 0 Å². The van der Waals surface area contributed by atoms with Crippen molar-refractivity contribution in [2.24, 2.45) is 0 Å². The van der Waals surface area contributed by atoms with E-state index in [1.807, 2.05) is 84.9 Å². The fraction of sp³-hybridized carbons (Fsp3) is 0.556. The second-order valence-electron chi connectivity index (χ2n) is 36.8. The van der Waals surface area contributed by atoms with E-state index in [4.69, 9.17) is 0 Å². The van der Waals surface area contributed by atoms with Gasteiger partial charge in [0, 0.05) is 90.2 Å². The van der Waals surface area contributed by atoms with Crippen molar-refractivity contribution < 1.29 is 38.4 Å². The van der Waals surface area contributed by atoms with Crippen LogP contribution in [0.1, 0.15) is 446 Å². The topological polar surface area (TPSA) is 150 Å². The third-order valence-corrected chi connectivity index (χ3v) is 28.5. The van der Waals surface area contributed by atoms with Gasteiger partial charge in [-0.15, -0.1) is 0 Å². The van der Waals surface area contributed by atoms with Gasteiger partial charge in [0.2, 0.25) is 0 Å². The Balaban J connectivity index is 1.05. The van der Waals surface area contributed by atoms with Crippen LogP contribution in [-0.4, -0.2) is 91.0 Å². The molecule has 0 saturated heterocycles. The molecule has 0 saturated carbocycles. The van der Waals surface area contributed by atoms with Gasteiger partial charge in [-0.1, -0.05) is 349 Å². The minimum absolute atomic E-state index is 0.279. The number of imide groups is 4. The number of benzene rings is 10. The summed E-state index contributed by atoms with van der Waals surface area (Å²) in [5, 5.41) is 11.1. The molecule has 120 heavy (non-hydrogen) atoms. The summed E-state index contributed by atoms with van der Waals surface area (Å²) < 4.78 is 0. The summed E-state index contributed by atoms with van der Waals surface area (Å²) in [7, 11) is 0. The predicted octanol–water partition coefficient (Wildman–Crippen LogP) is 30.2. The van der Waals surface area contributed by atoms with E-state index in [0.717, 1.165) is 326 Å². The van der Waals surface area contributed by atoms with E-state index in [2.05, 4.69) is 55.4 Å². The van der Waals surface area contributed by atoms with Crippen molar-refractivity contribution in [2.45, 2.75) is 388 Å². The highest BCUT2D eigenvalue weighted by molar-refractivity contribution is 6.47. The molecule has 0 N–H and O–H groups in total. The number of carbonyl (C=O) groups excluding carboxylic acids is 8. The Bertz CT molecular complexity index is 4940. The Labute approximate surface area is 715 Å². The highest BCUT2D eigenvalue weighted by atomic mass is 16.2. The van der Waals surface area contributed by atoms with Crippen molar-refractivity contribution in [3.8, 4) is 11.1 Å². The molecule has 0 unspecified atom stereocenters. The minimum Gasteiger partial charge on any atom is -0.271 e. The van der Waals surface area contributed by atoms with Gasteiger partial charge in [-0.3, -0.25) is 58.0 Å². The lowest BCUT2D eigenvalue weighted by Crippen LogP contribution is -2.47. The fourth-order valence-electron chi connectivity index (χ4n) is 22.0. The molecule has 4 aliphatic heterocycles. The normalized spacial score (nSPS) is 14.5. The van der Waals surface area contributed by atoms with E-state index in [9.17, 15) is 0 Å². The van der Waals surface area contributed by atoms with Gasteiger partial charge in [0.05, 0.1) is 0 Å². The summed E-state index contributed by atoms with van der Waals surface area (Å²) in [5.74, 6) is -2.51. The van der Waals surface area contributed by atoms with Crippen molar-refractivity contribution in [1.82, 2.24) is 19.6 Å². The lowest BCUT2D eigenvalue weighted by molar-refractivity contribution is 0.0501. The third-order valence-electron chi connectivity index (χ3n) is 28.5. The maximum Gasteiger partial charge on any atom is 0.261 e. The zero-order valence-electron chi connectivity index (χ0n) is 74.4. The van der Waals surface area contributed by atoms with Gasteiger partial charge >= 0.3 is 0 Å². The molecule has 10 aromatic carbocycles. The first kappa shape index (κ1) is 87.7. The highest BCUT2D eigenvalue weighted by Gasteiger charge is 2.45. The second-order valence-corrected chi connectivity index (χ2v) is 36.8. The summed E-state index contributed by atoms with van der Waals surface area (Å²) >= 11 is 0. The third kappa shape index (κ3) is 17.2. The first-order valence-corrected chi connectivity index (χ1v) is 48.7. The van der Waals surface area contributed by atoms with Gasteiger partial charge in [0.1, 0.15) is 0 Å². The molecule has 4 aliphatic rings. The second kappa shape index (κ2) is 41.0. The average molecular weight is 1620 g/mol. The molecular weight excluding hydrogens is 1480 g/mol. The van der Waals surface area contributed by atoms with Crippen LogP contribution >= 0.6 is 0 Å². The molecule has 0 radical (unpaired) electrons. The van der Waals surface area contributed by atoms with Gasteiger partial charge in [-0.05, 0) is 176 Å². The van der Waals surface area contributed by atoms with Crippen LogP contribution in [0, 0.1) is 0 Å². The standard InChI is InChI=1S/C108H138N4O8/c1-9-17-25-33-41-49-71(50-42-34-26-18-10-2)109-101(113)81-63-57-75-77-59-65-85-97-89(107(119)111(105(85)117)73(53-45-37-29-21-13-5)54-46-38-30-22-14-6)69-87(93(99(77)97)79-61-67-83(103(109)115)95(81)91(75)79)88-70-90-98-86(106(118)112(108(90)120)74(55-47-39-31-23-15-7)56-48-40-32-24-16-8)66-60-78-76-58-64-82-96-84(68-62-80(92(76)96)94(88)100(78)98)104(116)110(102(82)114)72(51-43-35-27-19-11-3)52-44-36-28-20-12-4/h57-74H,9-56H2,1-8H3. The average Bonchev–Trinajstić information content (AvgIpc) is 0.676. The lowest BCUT2D eigenvalue weighted by Gasteiger charge is -2.37. The molecule has 638 valence electrons. The Hall–Kier alpha value is -8.64. The molecular formula is C108H138N4O8. The van der Waals surface area contributed by atoms with Crippen LogP contribution in [0.15, 0.2) is 84.9 Å². The number of rotatable bonds is 53. The van der Waals surface area contributed by atoms with Crippen molar-refractivity contribution >= 4 is 133 Å². The number of nitrogens with zero attached hydrogens (tertiary/aromatic N) is 4. The summed E-state index contributed by atoms with van der Waals surface area (Å²) in [6.07, 6.45) is 47.6. The number of hydrogen-bond acceptors (Lipinski definition) is 8. The van der Waals surface area contributed by atoms with Gasteiger partial charge in [-0.2, -0.15) is 0 Å². The first-order chi connectivity index (χ1) is 58.7. The Morgan fingerprint density at radius 3 is 0.533 bits per heavy atom. The summed E-state index contributed by atoms with van der Waals surface area (Å²) in [6, 6.07) is 26.5. The Kier molecular flexibility index (Phi) is 30.0. The Morgan fingerprint density at radius 2 is 0.333 bits per heavy atom. The Morgan fingerprint density at radius 1 is 0.167 bits per heavy atom. The van der Waals surface area contributed by atoms with Crippen molar-refractivity contribution in [3.05, 3.63) is 129 Å². The maximum absolute atomic E-state index is 16.9. The summed E-state index contributed by atoms with van der Waals surface area (Å²) in [6.45, 7) is 17.8. The predicted molar refractivity (Wildman–Crippen MR) is 498 cm³/mol.